The molecule has 4 heteroatoms. The molecular weight excluding hydrogens is 322 g/mol. The van der Waals surface area contributed by atoms with Crippen LogP contribution in [0.25, 0.3) is 0 Å². The van der Waals surface area contributed by atoms with Gasteiger partial charge in [0.2, 0.25) is 5.91 Å². The first-order valence-corrected chi connectivity index (χ1v) is 8.80. The van der Waals surface area contributed by atoms with E-state index in [0.29, 0.717) is 24.5 Å². The molecule has 1 aliphatic heterocycles. The Bertz CT molecular complexity index is 729. The van der Waals surface area contributed by atoms with E-state index < -0.39 is 0 Å². The number of hydrogen-bond donors (Lipinski definition) is 0. The highest BCUT2D eigenvalue weighted by molar-refractivity contribution is 6.30. The van der Waals surface area contributed by atoms with E-state index in [1.54, 1.807) is 0 Å². The quantitative estimate of drug-likeness (QED) is 0.731. The molecule has 2 aromatic carbocycles. The molecule has 0 bridgehead atoms. The number of aryl methyl sites for hydroxylation is 2. The van der Waals surface area contributed by atoms with Crippen LogP contribution in [0.1, 0.15) is 30.4 Å². The predicted octanol–water partition coefficient (Wildman–Crippen LogP) is 4.79. The van der Waals surface area contributed by atoms with Gasteiger partial charge in [-0.3, -0.25) is 4.79 Å². The first-order chi connectivity index (χ1) is 11.6. The zero-order valence-corrected chi connectivity index (χ0v) is 14.7. The van der Waals surface area contributed by atoms with Crippen molar-refractivity contribution in [3.8, 4) is 5.75 Å². The van der Waals surface area contributed by atoms with Crippen LogP contribution in [0.3, 0.4) is 0 Å². The van der Waals surface area contributed by atoms with E-state index in [0.717, 1.165) is 36.4 Å². The second kappa shape index (κ2) is 7.71. The monoisotopic (exact) mass is 343 g/mol. The average molecular weight is 344 g/mol. The highest BCUT2D eigenvalue weighted by Gasteiger charge is 2.21. The lowest BCUT2D eigenvalue weighted by Gasteiger charge is -2.29. The van der Waals surface area contributed by atoms with Gasteiger partial charge < -0.3 is 9.64 Å². The van der Waals surface area contributed by atoms with Crippen molar-refractivity contribution in [2.75, 3.05) is 18.1 Å². The summed E-state index contributed by atoms with van der Waals surface area (Å²) >= 11 is 5.94. The Hall–Kier alpha value is -2.00. The number of rotatable bonds is 5. The summed E-state index contributed by atoms with van der Waals surface area (Å²) in [7, 11) is 0. The second-order valence-electron chi connectivity index (χ2n) is 6.14. The highest BCUT2D eigenvalue weighted by atomic mass is 35.5. The standard InChI is InChI=1S/C20H22ClNO2/c1-15-14-17(21)10-11-19(15)24-13-5-9-20(23)22-12-4-7-16-6-2-3-8-18(16)22/h2-3,6,8,10-11,14H,4-5,7,9,12-13H2,1H3. The third-order valence-corrected chi connectivity index (χ3v) is 4.58. The number of nitrogens with zero attached hydrogens (tertiary/aromatic N) is 1. The van der Waals surface area contributed by atoms with Gasteiger partial charge in [0.05, 0.1) is 6.61 Å². The summed E-state index contributed by atoms with van der Waals surface area (Å²) in [6.07, 6.45) is 3.29. The van der Waals surface area contributed by atoms with Gasteiger partial charge in [-0.25, -0.2) is 0 Å². The molecule has 126 valence electrons. The van der Waals surface area contributed by atoms with Crippen LogP contribution in [-0.2, 0) is 11.2 Å². The number of anilines is 1. The Kier molecular flexibility index (Phi) is 5.41. The van der Waals surface area contributed by atoms with E-state index in [4.69, 9.17) is 16.3 Å². The molecule has 0 unspecified atom stereocenters. The van der Waals surface area contributed by atoms with Gasteiger partial charge in [-0.2, -0.15) is 0 Å². The van der Waals surface area contributed by atoms with Gasteiger partial charge in [-0.05, 0) is 61.6 Å². The number of amides is 1. The lowest BCUT2D eigenvalue weighted by atomic mass is 10.0. The summed E-state index contributed by atoms with van der Waals surface area (Å²) in [5.41, 5.74) is 3.35. The molecule has 0 aromatic heterocycles. The largest absolute Gasteiger partial charge is 0.493 e. The van der Waals surface area contributed by atoms with Crippen molar-refractivity contribution in [3.05, 3.63) is 58.6 Å². The maximum atomic E-state index is 12.5. The van der Waals surface area contributed by atoms with Crippen LogP contribution in [0.4, 0.5) is 5.69 Å². The smallest absolute Gasteiger partial charge is 0.227 e. The first-order valence-electron chi connectivity index (χ1n) is 8.42. The van der Waals surface area contributed by atoms with Crippen LogP contribution in [0.5, 0.6) is 5.75 Å². The summed E-state index contributed by atoms with van der Waals surface area (Å²) in [5.74, 6) is 1.01. The third kappa shape index (κ3) is 3.90. The van der Waals surface area contributed by atoms with Crippen molar-refractivity contribution in [2.24, 2.45) is 0 Å². The third-order valence-electron chi connectivity index (χ3n) is 4.34. The molecule has 0 spiro atoms. The predicted molar refractivity (Wildman–Crippen MR) is 98.0 cm³/mol. The number of para-hydroxylation sites is 1. The zero-order chi connectivity index (χ0) is 16.9. The summed E-state index contributed by atoms with van der Waals surface area (Å²) in [6.45, 7) is 3.31. The van der Waals surface area contributed by atoms with Crippen LogP contribution >= 0.6 is 11.6 Å². The lowest BCUT2D eigenvalue weighted by molar-refractivity contribution is -0.118. The van der Waals surface area contributed by atoms with Gasteiger partial charge in [-0.15, -0.1) is 0 Å². The molecule has 3 rings (SSSR count). The SMILES string of the molecule is Cc1cc(Cl)ccc1OCCCC(=O)N1CCCc2ccccc21. The van der Waals surface area contributed by atoms with E-state index in [2.05, 4.69) is 6.07 Å². The second-order valence-corrected chi connectivity index (χ2v) is 6.58. The van der Waals surface area contributed by atoms with Crippen molar-refractivity contribution in [1.82, 2.24) is 0 Å². The molecule has 0 saturated carbocycles. The maximum absolute atomic E-state index is 12.5. The van der Waals surface area contributed by atoms with Gasteiger partial charge in [-0.1, -0.05) is 29.8 Å². The Balaban J connectivity index is 1.51. The number of ether oxygens (including phenoxy) is 1. The topological polar surface area (TPSA) is 29.5 Å². The van der Waals surface area contributed by atoms with Crippen LogP contribution in [0.2, 0.25) is 5.02 Å². The number of halogens is 1. The number of fused-ring (bicyclic) bond motifs is 1. The molecule has 1 heterocycles. The van der Waals surface area contributed by atoms with Crippen LogP contribution in [-0.4, -0.2) is 19.1 Å². The minimum Gasteiger partial charge on any atom is -0.493 e. The van der Waals surface area contributed by atoms with Crippen molar-refractivity contribution in [1.29, 1.82) is 0 Å². The Morgan fingerprint density at radius 1 is 1.25 bits per heavy atom. The van der Waals surface area contributed by atoms with Gasteiger partial charge in [0, 0.05) is 23.7 Å². The zero-order valence-electron chi connectivity index (χ0n) is 13.9. The van der Waals surface area contributed by atoms with Crippen molar-refractivity contribution in [2.45, 2.75) is 32.6 Å². The number of benzene rings is 2. The maximum Gasteiger partial charge on any atom is 0.227 e. The minimum atomic E-state index is 0.179. The van der Waals surface area contributed by atoms with Gasteiger partial charge in [0.15, 0.2) is 0 Å². The van der Waals surface area contributed by atoms with Crippen LogP contribution in [0.15, 0.2) is 42.5 Å². The van der Waals surface area contributed by atoms with E-state index in [9.17, 15) is 4.79 Å². The molecule has 1 aliphatic rings. The number of carbonyl (C=O) groups is 1. The average Bonchev–Trinajstić information content (AvgIpc) is 2.59. The molecule has 1 amide bonds. The number of carbonyl (C=O) groups excluding carboxylic acids is 1. The number of hydrogen-bond acceptors (Lipinski definition) is 2. The van der Waals surface area contributed by atoms with E-state index in [1.807, 2.05) is 48.2 Å². The molecule has 0 saturated heterocycles. The molecule has 2 aromatic rings. The van der Waals surface area contributed by atoms with Crippen molar-refractivity contribution >= 4 is 23.2 Å². The first kappa shape index (κ1) is 16.8. The Labute approximate surface area is 148 Å². The van der Waals surface area contributed by atoms with E-state index in [1.165, 1.54) is 5.56 Å². The lowest BCUT2D eigenvalue weighted by Crippen LogP contribution is -2.35. The molecule has 0 N–H and O–H groups in total. The minimum absolute atomic E-state index is 0.179. The summed E-state index contributed by atoms with van der Waals surface area (Å²) < 4.78 is 5.77. The highest BCUT2D eigenvalue weighted by Crippen LogP contribution is 2.27. The van der Waals surface area contributed by atoms with Crippen LogP contribution in [0, 0.1) is 6.92 Å². The summed E-state index contributed by atoms with van der Waals surface area (Å²) in [6, 6.07) is 13.8. The van der Waals surface area contributed by atoms with Gasteiger partial charge >= 0.3 is 0 Å². The van der Waals surface area contributed by atoms with Crippen molar-refractivity contribution in [3.63, 3.8) is 0 Å². The van der Waals surface area contributed by atoms with Gasteiger partial charge in [0.25, 0.3) is 0 Å². The molecule has 0 radical (unpaired) electrons. The van der Waals surface area contributed by atoms with Crippen LogP contribution < -0.4 is 9.64 Å². The summed E-state index contributed by atoms with van der Waals surface area (Å²) in [4.78, 5) is 14.5. The van der Waals surface area contributed by atoms with Crippen molar-refractivity contribution < 1.29 is 9.53 Å². The van der Waals surface area contributed by atoms with E-state index >= 15 is 0 Å². The Morgan fingerprint density at radius 2 is 2.08 bits per heavy atom. The Morgan fingerprint density at radius 3 is 2.92 bits per heavy atom. The molecule has 0 fully saturated rings. The fraction of sp³-hybridized carbons (Fsp3) is 0.350. The molecular formula is C20H22ClNO2. The molecule has 0 atom stereocenters. The van der Waals surface area contributed by atoms with E-state index in [-0.39, 0.29) is 5.91 Å². The van der Waals surface area contributed by atoms with Gasteiger partial charge in [0.1, 0.15) is 5.75 Å². The normalized spacial score (nSPS) is 13.5. The fourth-order valence-electron chi connectivity index (χ4n) is 3.11. The molecule has 3 nitrogen and oxygen atoms in total. The molecule has 0 aliphatic carbocycles. The summed E-state index contributed by atoms with van der Waals surface area (Å²) in [5, 5.41) is 0.707. The molecule has 24 heavy (non-hydrogen) atoms. The fourth-order valence-corrected chi connectivity index (χ4v) is 3.33.